The third-order valence-corrected chi connectivity index (χ3v) is 6.86. The Morgan fingerprint density at radius 3 is 1.93 bits per heavy atom. The average Bonchev–Trinajstić information content (AvgIpc) is 3.02. The second-order valence-corrected chi connectivity index (χ2v) is 10.4. The van der Waals surface area contributed by atoms with Crippen LogP contribution >= 0.6 is 0 Å². The Kier molecular flexibility index (Phi) is 14.2. The van der Waals surface area contributed by atoms with Crippen LogP contribution in [0.3, 0.4) is 0 Å². The molecule has 0 heterocycles. The molecule has 0 aromatic heterocycles. The molecule has 0 aliphatic rings. The molecule has 3 aromatic rings. The number of benzene rings is 3. The predicted octanol–water partition coefficient (Wildman–Crippen LogP) is 8.98. The fourth-order valence-electron chi connectivity index (χ4n) is 4.42. The summed E-state index contributed by atoms with van der Waals surface area (Å²) in [5.41, 5.74) is 2.52. The lowest BCUT2D eigenvalue weighted by Gasteiger charge is -2.15. The molecule has 0 N–H and O–H groups in total. The van der Waals surface area contributed by atoms with Gasteiger partial charge in [-0.05, 0) is 105 Å². The van der Waals surface area contributed by atoms with Crippen LogP contribution in [0.2, 0.25) is 0 Å². The number of unbranched alkanes of at least 4 members (excludes halogenated alkanes) is 6. The zero-order chi connectivity index (χ0) is 30.0. The first-order chi connectivity index (χ1) is 20.5. The van der Waals surface area contributed by atoms with E-state index in [1.165, 1.54) is 31.8 Å². The molecule has 0 aliphatic heterocycles. The molecule has 0 fully saturated rings. The first-order valence-corrected chi connectivity index (χ1v) is 15.1. The molecule has 0 bridgehead atoms. The normalized spacial score (nSPS) is 11.4. The SMILES string of the molecule is C=CC(=O)OCCCCCCOc1ccc(-c2ccc(C(=O)Oc3ccc(O[C@@H](C)CCCCCC)cc3)cc2)cc1. The smallest absolute Gasteiger partial charge is 0.343 e. The van der Waals surface area contributed by atoms with Crippen molar-refractivity contribution in [2.24, 2.45) is 0 Å². The number of rotatable bonds is 19. The third kappa shape index (κ3) is 11.8. The Balaban J connectivity index is 1.39. The second-order valence-electron chi connectivity index (χ2n) is 10.4. The molecule has 0 spiro atoms. The van der Waals surface area contributed by atoms with E-state index in [1.54, 1.807) is 24.3 Å². The predicted molar refractivity (Wildman–Crippen MR) is 167 cm³/mol. The number of hydrogen-bond acceptors (Lipinski definition) is 6. The lowest BCUT2D eigenvalue weighted by atomic mass is 10.0. The lowest BCUT2D eigenvalue weighted by Crippen LogP contribution is -2.11. The third-order valence-electron chi connectivity index (χ3n) is 6.86. The maximum atomic E-state index is 12.7. The largest absolute Gasteiger partial charge is 0.494 e. The van der Waals surface area contributed by atoms with Crippen molar-refractivity contribution < 1.29 is 28.5 Å². The zero-order valence-corrected chi connectivity index (χ0v) is 25.0. The van der Waals surface area contributed by atoms with Crippen LogP contribution in [0.5, 0.6) is 17.2 Å². The van der Waals surface area contributed by atoms with Crippen LogP contribution in [-0.2, 0) is 9.53 Å². The Bertz CT molecular complexity index is 1220. The summed E-state index contributed by atoms with van der Waals surface area (Å²) in [7, 11) is 0. The minimum absolute atomic E-state index is 0.154. The van der Waals surface area contributed by atoms with Crippen LogP contribution in [0.1, 0.15) is 82.0 Å². The molecule has 6 heteroatoms. The van der Waals surface area contributed by atoms with E-state index in [0.717, 1.165) is 54.7 Å². The summed E-state index contributed by atoms with van der Waals surface area (Å²) in [5.74, 6) is 1.30. The van der Waals surface area contributed by atoms with E-state index < -0.39 is 5.97 Å². The summed E-state index contributed by atoms with van der Waals surface area (Å²) in [6, 6.07) is 22.5. The highest BCUT2D eigenvalue weighted by Gasteiger charge is 2.10. The van der Waals surface area contributed by atoms with Crippen molar-refractivity contribution in [3.8, 4) is 28.4 Å². The van der Waals surface area contributed by atoms with E-state index in [1.807, 2.05) is 48.5 Å². The summed E-state index contributed by atoms with van der Waals surface area (Å²) in [4.78, 5) is 23.7. The van der Waals surface area contributed by atoms with Gasteiger partial charge in [0.05, 0.1) is 24.9 Å². The highest BCUT2D eigenvalue weighted by molar-refractivity contribution is 5.91. The van der Waals surface area contributed by atoms with Gasteiger partial charge in [0.15, 0.2) is 0 Å². The molecule has 224 valence electrons. The van der Waals surface area contributed by atoms with Gasteiger partial charge >= 0.3 is 11.9 Å². The van der Waals surface area contributed by atoms with Gasteiger partial charge < -0.3 is 18.9 Å². The van der Waals surface area contributed by atoms with E-state index in [0.29, 0.717) is 24.5 Å². The van der Waals surface area contributed by atoms with E-state index in [2.05, 4.69) is 20.4 Å². The number of hydrogen-bond donors (Lipinski definition) is 0. The topological polar surface area (TPSA) is 71.1 Å². The summed E-state index contributed by atoms with van der Waals surface area (Å²) >= 11 is 0. The Labute approximate surface area is 250 Å². The highest BCUT2D eigenvalue weighted by atomic mass is 16.5. The van der Waals surface area contributed by atoms with Gasteiger partial charge in [-0.25, -0.2) is 9.59 Å². The molecular weight excluding hydrogens is 528 g/mol. The fourth-order valence-corrected chi connectivity index (χ4v) is 4.42. The molecule has 0 unspecified atom stereocenters. The molecule has 0 saturated heterocycles. The maximum Gasteiger partial charge on any atom is 0.343 e. The van der Waals surface area contributed by atoms with Crippen LogP contribution in [0.25, 0.3) is 11.1 Å². The maximum absolute atomic E-state index is 12.7. The Morgan fingerprint density at radius 2 is 1.29 bits per heavy atom. The van der Waals surface area contributed by atoms with Gasteiger partial charge in [-0.1, -0.05) is 57.0 Å². The van der Waals surface area contributed by atoms with Gasteiger partial charge in [0, 0.05) is 6.08 Å². The van der Waals surface area contributed by atoms with Gasteiger partial charge in [0.2, 0.25) is 0 Å². The number of esters is 2. The summed E-state index contributed by atoms with van der Waals surface area (Å²) in [6.45, 7) is 8.74. The van der Waals surface area contributed by atoms with Gasteiger partial charge in [0.25, 0.3) is 0 Å². The van der Waals surface area contributed by atoms with Crippen molar-refractivity contribution in [3.63, 3.8) is 0 Å². The van der Waals surface area contributed by atoms with Gasteiger partial charge in [-0.3, -0.25) is 0 Å². The summed E-state index contributed by atoms with van der Waals surface area (Å²) < 4.78 is 22.4. The number of carbonyl (C=O) groups is 2. The van der Waals surface area contributed by atoms with E-state index >= 15 is 0 Å². The number of carbonyl (C=O) groups excluding carboxylic acids is 2. The molecule has 3 rings (SSSR count). The number of ether oxygens (including phenoxy) is 4. The minimum atomic E-state index is -0.402. The molecule has 0 radical (unpaired) electrons. The lowest BCUT2D eigenvalue weighted by molar-refractivity contribution is -0.137. The standard InChI is InChI=1S/C36H44O6/c1-4-6-7-10-13-28(3)41-33-22-24-34(25-23-33)42-36(38)31-16-14-29(15-17-31)30-18-20-32(21-19-30)39-26-11-8-9-12-27-40-35(37)5-2/h5,14-25,28H,2,4,6-13,26-27H2,1,3H3/t28-/m0/s1. The summed E-state index contributed by atoms with van der Waals surface area (Å²) in [6.07, 6.45) is 11.0. The van der Waals surface area contributed by atoms with Crippen molar-refractivity contribution in [1.82, 2.24) is 0 Å². The van der Waals surface area contributed by atoms with Gasteiger partial charge in [-0.2, -0.15) is 0 Å². The van der Waals surface area contributed by atoms with Crippen LogP contribution < -0.4 is 14.2 Å². The molecule has 42 heavy (non-hydrogen) atoms. The van der Waals surface area contributed by atoms with Crippen molar-refractivity contribution in [1.29, 1.82) is 0 Å². The fraction of sp³-hybridized carbons (Fsp3) is 0.389. The Hall–Kier alpha value is -4.06. The van der Waals surface area contributed by atoms with Crippen molar-refractivity contribution in [3.05, 3.63) is 91.0 Å². The van der Waals surface area contributed by atoms with E-state index in [4.69, 9.17) is 18.9 Å². The van der Waals surface area contributed by atoms with E-state index in [9.17, 15) is 9.59 Å². The van der Waals surface area contributed by atoms with Gasteiger partial charge in [0.1, 0.15) is 17.2 Å². The highest BCUT2D eigenvalue weighted by Crippen LogP contribution is 2.25. The van der Waals surface area contributed by atoms with Crippen LogP contribution in [0, 0.1) is 0 Å². The first-order valence-electron chi connectivity index (χ1n) is 15.1. The zero-order valence-electron chi connectivity index (χ0n) is 25.0. The summed E-state index contributed by atoms with van der Waals surface area (Å²) in [5, 5.41) is 0. The Morgan fingerprint density at radius 1 is 0.714 bits per heavy atom. The second kappa shape index (κ2) is 18.4. The van der Waals surface area contributed by atoms with Crippen molar-refractivity contribution >= 4 is 11.9 Å². The van der Waals surface area contributed by atoms with E-state index in [-0.39, 0.29) is 12.1 Å². The first kappa shape index (κ1) is 32.5. The molecule has 1 atom stereocenters. The quantitative estimate of drug-likeness (QED) is 0.0618. The molecule has 0 aliphatic carbocycles. The van der Waals surface area contributed by atoms with Crippen LogP contribution in [0.4, 0.5) is 0 Å². The van der Waals surface area contributed by atoms with Crippen LogP contribution in [-0.4, -0.2) is 31.3 Å². The van der Waals surface area contributed by atoms with Gasteiger partial charge in [-0.15, -0.1) is 0 Å². The minimum Gasteiger partial charge on any atom is -0.494 e. The van der Waals surface area contributed by atoms with Crippen molar-refractivity contribution in [2.45, 2.75) is 77.7 Å². The van der Waals surface area contributed by atoms with Crippen molar-refractivity contribution in [2.75, 3.05) is 13.2 Å². The molecule has 6 nitrogen and oxygen atoms in total. The van der Waals surface area contributed by atoms with Crippen LogP contribution in [0.15, 0.2) is 85.5 Å². The molecule has 0 saturated carbocycles. The average molecular weight is 573 g/mol. The molecule has 0 amide bonds. The molecular formula is C36H44O6. The monoisotopic (exact) mass is 572 g/mol. The molecule has 3 aromatic carbocycles.